The maximum Gasteiger partial charge on any atom is 0.257 e. The highest BCUT2D eigenvalue weighted by Gasteiger charge is 2.27. The van der Waals surface area contributed by atoms with Gasteiger partial charge in [0, 0.05) is 12.6 Å². The highest BCUT2D eigenvalue weighted by atomic mass is 35.5. The number of benzene rings is 1. The Morgan fingerprint density at radius 2 is 1.95 bits per heavy atom. The Morgan fingerprint density at radius 1 is 1.32 bits per heavy atom. The Kier molecular flexibility index (Phi) is 7.53. The summed E-state index contributed by atoms with van der Waals surface area (Å²) in [6, 6.07) is 1.82. The fraction of sp³-hybridized carbons (Fsp3) is 0.533. The molecule has 0 saturated carbocycles. The van der Waals surface area contributed by atoms with Crippen molar-refractivity contribution in [3.8, 4) is 0 Å². The third-order valence-electron chi connectivity index (χ3n) is 3.72. The van der Waals surface area contributed by atoms with E-state index in [0.717, 1.165) is 44.5 Å². The molecule has 2 rings (SSSR count). The van der Waals surface area contributed by atoms with Gasteiger partial charge in [-0.15, -0.1) is 12.4 Å². The van der Waals surface area contributed by atoms with Crippen LogP contribution in [0.15, 0.2) is 12.1 Å². The van der Waals surface area contributed by atoms with Gasteiger partial charge in [0.2, 0.25) is 0 Å². The second kappa shape index (κ2) is 8.65. The molecule has 1 aliphatic heterocycles. The second-order valence-corrected chi connectivity index (χ2v) is 5.63. The van der Waals surface area contributed by atoms with Crippen molar-refractivity contribution in [1.82, 2.24) is 10.2 Å². The lowest BCUT2D eigenvalue weighted by Gasteiger charge is -2.34. The quantitative estimate of drug-likeness (QED) is 0.839. The summed E-state index contributed by atoms with van der Waals surface area (Å²) in [6.07, 6.45) is 2.42. The minimum Gasteiger partial charge on any atom is -0.335 e. The third-order valence-corrected chi connectivity index (χ3v) is 4.00. The summed E-state index contributed by atoms with van der Waals surface area (Å²) < 4.78 is 27.5. The number of nitrogens with one attached hydrogen (secondary N) is 1. The van der Waals surface area contributed by atoms with E-state index in [-0.39, 0.29) is 29.0 Å². The average molecular weight is 353 g/mol. The van der Waals surface area contributed by atoms with Crippen LogP contribution in [0.2, 0.25) is 5.02 Å². The molecule has 0 bridgehead atoms. The highest BCUT2D eigenvalue weighted by Crippen LogP contribution is 2.23. The van der Waals surface area contributed by atoms with Crippen LogP contribution in [0.3, 0.4) is 0 Å². The van der Waals surface area contributed by atoms with Gasteiger partial charge in [0.05, 0.1) is 10.6 Å². The fourth-order valence-corrected chi connectivity index (χ4v) is 2.80. The molecular formula is C15H20Cl2F2N2O. The first-order chi connectivity index (χ1) is 10.0. The molecule has 1 saturated heterocycles. The van der Waals surface area contributed by atoms with Crippen molar-refractivity contribution in [2.75, 3.05) is 19.6 Å². The Hall–Kier alpha value is -0.910. The van der Waals surface area contributed by atoms with Crippen LogP contribution in [-0.4, -0.2) is 36.5 Å². The zero-order valence-corrected chi connectivity index (χ0v) is 13.9. The van der Waals surface area contributed by atoms with Crippen LogP contribution in [0.4, 0.5) is 8.78 Å². The number of piperidine rings is 1. The van der Waals surface area contributed by atoms with E-state index in [9.17, 15) is 13.6 Å². The largest absolute Gasteiger partial charge is 0.335 e. The molecule has 1 fully saturated rings. The van der Waals surface area contributed by atoms with Crippen LogP contribution in [0.25, 0.3) is 0 Å². The molecule has 1 aromatic carbocycles. The van der Waals surface area contributed by atoms with Crippen LogP contribution in [0.5, 0.6) is 0 Å². The molecule has 1 N–H and O–H groups in total. The molecule has 0 aliphatic carbocycles. The molecular weight excluding hydrogens is 333 g/mol. The SMILES string of the molecule is CCCN(C(=O)c1cc(F)c(Cl)cc1F)C1CCNCC1.Cl. The monoisotopic (exact) mass is 352 g/mol. The summed E-state index contributed by atoms with van der Waals surface area (Å²) >= 11 is 5.53. The number of carbonyl (C=O) groups is 1. The number of carbonyl (C=O) groups excluding carboxylic acids is 1. The van der Waals surface area contributed by atoms with E-state index in [1.165, 1.54) is 0 Å². The van der Waals surface area contributed by atoms with E-state index in [2.05, 4.69) is 5.32 Å². The minimum atomic E-state index is -0.776. The van der Waals surface area contributed by atoms with Gasteiger partial charge in [-0.3, -0.25) is 4.79 Å². The molecule has 1 heterocycles. The van der Waals surface area contributed by atoms with Gasteiger partial charge < -0.3 is 10.2 Å². The molecule has 3 nitrogen and oxygen atoms in total. The number of nitrogens with zero attached hydrogens (tertiary/aromatic N) is 1. The summed E-state index contributed by atoms with van der Waals surface area (Å²) in [5, 5.41) is 2.92. The van der Waals surface area contributed by atoms with Crippen LogP contribution >= 0.6 is 24.0 Å². The molecule has 0 aromatic heterocycles. The Morgan fingerprint density at radius 3 is 2.55 bits per heavy atom. The van der Waals surface area contributed by atoms with Crippen molar-refractivity contribution in [3.63, 3.8) is 0 Å². The normalized spacial score (nSPS) is 15.3. The average Bonchev–Trinajstić information content (AvgIpc) is 2.49. The van der Waals surface area contributed by atoms with E-state index < -0.39 is 17.5 Å². The van der Waals surface area contributed by atoms with Gasteiger partial charge >= 0.3 is 0 Å². The van der Waals surface area contributed by atoms with Crippen LogP contribution in [0.1, 0.15) is 36.5 Å². The molecule has 0 atom stereocenters. The van der Waals surface area contributed by atoms with E-state index in [1.54, 1.807) is 4.90 Å². The van der Waals surface area contributed by atoms with Crippen LogP contribution in [0, 0.1) is 11.6 Å². The second-order valence-electron chi connectivity index (χ2n) is 5.23. The van der Waals surface area contributed by atoms with E-state index in [0.29, 0.717) is 6.54 Å². The lowest BCUT2D eigenvalue weighted by molar-refractivity contribution is 0.0637. The maximum atomic E-state index is 13.9. The molecule has 0 radical (unpaired) electrons. The van der Waals surface area contributed by atoms with Gasteiger partial charge in [-0.25, -0.2) is 8.78 Å². The number of rotatable bonds is 4. The Bertz CT molecular complexity index is 523. The Balaban J connectivity index is 0.00000242. The first kappa shape index (κ1) is 19.1. The van der Waals surface area contributed by atoms with Crippen molar-refractivity contribution in [1.29, 1.82) is 0 Å². The number of hydrogen-bond donors (Lipinski definition) is 1. The molecule has 22 heavy (non-hydrogen) atoms. The minimum absolute atomic E-state index is 0. The first-order valence-electron chi connectivity index (χ1n) is 7.20. The zero-order valence-electron chi connectivity index (χ0n) is 12.4. The maximum absolute atomic E-state index is 13.9. The van der Waals surface area contributed by atoms with Gasteiger partial charge in [-0.1, -0.05) is 18.5 Å². The van der Waals surface area contributed by atoms with E-state index in [4.69, 9.17) is 11.6 Å². The van der Waals surface area contributed by atoms with Gasteiger partial charge in [0.25, 0.3) is 5.91 Å². The number of amides is 1. The molecule has 7 heteroatoms. The lowest BCUT2D eigenvalue weighted by Crippen LogP contribution is -2.46. The lowest BCUT2D eigenvalue weighted by atomic mass is 10.0. The fourth-order valence-electron chi connectivity index (χ4n) is 2.65. The molecule has 1 amide bonds. The van der Waals surface area contributed by atoms with Crippen molar-refractivity contribution < 1.29 is 13.6 Å². The highest BCUT2D eigenvalue weighted by molar-refractivity contribution is 6.30. The third kappa shape index (κ3) is 4.31. The van der Waals surface area contributed by atoms with E-state index in [1.807, 2.05) is 6.92 Å². The summed E-state index contributed by atoms with van der Waals surface area (Å²) in [7, 11) is 0. The molecule has 1 aliphatic rings. The van der Waals surface area contributed by atoms with Crippen molar-refractivity contribution in [3.05, 3.63) is 34.4 Å². The summed E-state index contributed by atoms with van der Waals surface area (Å²) in [5.41, 5.74) is -0.246. The topological polar surface area (TPSA) is 32.3 Å². The predicted octanol–water partition coefficient (Wildman–Crippen LogP) is 3.64. The standard InChI is InChI=1S/C15H19ClF2N2O.ClH/c1-2-7-20(10-3-5-19-6-4-10)15(21)11-8-14(18)12(16)9-13(11)17;/h8-10,19H,2-7H2,1H3;1H. The van der Waals surface area contributed by atoms with Crippen molar-refractivity contribution >= 4 is 29.9 Å². The van der Waals surface area contributed by atoms with E-state index >= 15 is 0 Å². The van der Waals surface area contributed by atoms with Crippen molar-refractivity contribution in [2.45, 2.75) is 32.2 Å². The number of hydrogen-bond acceptors (Lipinski definition) is 2. The van der Waals surface area contributed by atoms with Gasteiger partial charge in [0.15, 0.2) is 0 Å². The van der Waals surface area contributed by atoms with Gasteiger partial charge in [-0.05, 0) is 44.5 Å². The first-order valence-corrected chi connectivity index (χ1v) is 7.58. The van der Waals surface area contributed by atoms with Gasteiger partial charge in [-0.2, -0.15) is 0 Å². The van der Waals surface area contributed by atoms with Crippen LogP contribution < -0.4 is 5.32 Å². The molecule has 124 valence electrons. The number of halogens is 4. The smallest absolute Gasteiger partial charge is 0.257 e. The Labute approximate surface area is 140 Å². The zero-order chi connectivity index (χ0) is 15.4. The summed E-state index contributed by atoms with van der Waals surface area (Å²) in [6.45, 7) is 4.15. The van der Waals surface area contributed by atoms with Crippen LogP contribution in [-0.2, 0) is 0 Å². The summed E-state index contributed by atoms with van der Waals surface area (Å²) in [5.74, 6) is -2.01. The molecule has 1 aromatic rings. The van der Waals surface area contributed by atoms with Gasteiger partial charge in [0.1, 0.15) is 11.6 Å². The van der Waals surface area contributed by atoms with Crippen molar-refractivity contribution in [2.24, 2.45) is 0 Å². The predicted molar refractivity (Wildman–Crippen MR) is 85.8 cm³/mol. The molecule has 0 spiro atoms. The molecule has 0 unspecified atom stereocenters. The summed E-state index contributed by atoms with van der Waals surface area (Å²) in [4.78, 5) is 14.2.